The Labute approximate surface area is 132 Å². The first-order valence-corrected chi connectivity index (χ1v) is 8.02. The summed E-state index contributed by atoms with van der Waals surface area (Å²) in [5, 5.41) is 11.7. The van der Waals surface area contributed by atoms with Crippen molar-refractivity contribution in [3.05, 3.63) is 34.9 Å². The van der Waals surface area contributed by atoms with Gasteiger partial charge in [-0.15, -0.1) is 0 Å². The molecule has 4 heteroatoms. The topological polar surface area (TPSA) is 66.4 Å². The minimum Gasteiger partial charge on any atom is -0.480 e. The van der Waals surface area contributed by atoms with E-state index in [-0.39, 0.29) is 5.91 Å². The standard InChI is InChI=1S/C18H27NO3/c1-4-5-8-16(18(21)22)19-17(20)9-6-7-15-11-10-13(2)14(3)12-15/h10-12,16H,4-9H2,1-3H3,(H,19,20)(H,21,22). The van der Waals surface area contributed by atoms with E-state index in [4.69, 9.17) is 5.11 Å². The van der Waals surface area contributed by atoms with Crippen LogP contribution in [0.3, 0.4) is 0 Å². The Morgan fingerprint density at radius 1 is 1.18 bits per heavy atom. The molecule has 0 saturated carbocycles. The lowest BCUT2D eigenvalue weighted by molar-refractivity contribution is -0.142. The fraction of sp³-hybridized carbons (Fsp3) is 0.556. The third-order valence-corrected chi connectivity index (χ3v) is 3.92. The van der Waals surface area contributed by atoms with Gasteiger partial charge in [0.15, 0.2) is 0 Å². The van der Waals surface area contributed by atoms with Gasteiger partial charge < -0.3 is 10.4 Å². The summed E-state index contributed by atoms with van der Waals surface area (Å²) in [5.41, 5.74) is 3.74. The van der Waals surface area contributed by atoms with E-state index in [1.165, 1.54) is 16.7 Å². The van der Waals surface area contributed by atoms with Crippen LogP contribution in [0.5, 0.6) is 0 Å². The number of benzene rings is 1. The maximum absolute atomic E-state index is 11.9. The summed E-state index contributed by atoms with van der Waals surface area (Å²) < 4.78 is 0. The second-order valence-corrected chi connectivity index (χ2v) is 5.87. The van der Waals surface area contributed by atoms with E-state index in [0.29, 0.717) is 12.8 Å². The van der Waals surface area contributed by atoms with Gasteiger partial charge in [-0.05, 0) is 49.8 Å². The van der Waals surface area contributed by atoms with Crippen LogP contribution in [-0.4, -0.2) is 23.0 Å². The summed E-state index contributed by atoms with van der Waals surface area (Å²) in [7, 11) is 0. The number of aliphatic carboxylic acids is 1. The van der Waals surface area contributed by atoms with Crippen LogP contribution < -0.4 is 5.32 Å². The number of nitrogens with one attached hydrogen (secondary N) is 1. The minimum atomic E-state index is -0.948. The fourth-order valence-corrected chi connectivity index (χ4v) is 2.34. The van der Waals surface area contributed by atoms with Gasteiger partial charge in [-0.2, -0.15) is 0 Å². The van der Waals surface area contributed by atoms with E-state index in [1.54, 1.807) is 0 Å². The highest BCUT2D eigenvalue weighted by Gasteiger charge is 2.18. The summed E-state index contributed by atoms with van der Waals surface area (Å²) in [5.74, 6) is -1.12. The van der Waals surface area contributed by atoms with Crippen LogP contribution in [0.25, 0.3) is 0 Å². The zero-order chi connectivity index (χ0) is 16.5. The number of unbranched alkanes of at least 4 members (excludes halogenated alkanes) is 1. The second-order valence-electron chi connectivity index (χ2n) is 5.87. The van der Waals surface area contributed by atoms with Crippen LogP contribution in [0.15, 0.2) is 18.2 Å². The number of aryl methyl sites for hydroxylation is 3. The first kappa shape index (κ1) is 18.2. The van der Waals surface area contributed by atoms with Gasteiger partial charge in [-0.3, -0.25) is 4.79 Å². The van der Waals surface area contributed by atoms with Crippen LogP contribution in [0.4, 0.5) is 0 Å². The van der Waals surface area contributed by atoms with Gasteiger partial charge in [0.05, 0.1) is 0 Å². The van der Waals surface area contributed by atoms with Crippen molar-refractivity contribution in [1.82, 2.24) is 5.32 Å². The Morgan fingerprint density at radius 2 is 1.91 bits per heavy atom. The average Bonchev–Trinajstić information content (AvgIpc) is 2.47. The van der Waals surface area contributed by atoms with Crippen molar-refractivity contribution in [3.63, 3.8) is 0 Å². The molecule has 0 heterocycles. The Kier molecular flexibility index (Phi) is 7.64. The molecule has 122 valence electrons. The van der Waals surface area contributed by atoms with Crippen LogP contribution in [-0.2, 0) is 16.0 Å². The summed E-state index contributed by atoms with van der Waals surface area (Å²) in [4.78, 5) is 22.9. The highest BCUT2D eigenvalue weighted by atomic mass is 16.4. The van der Waals surface area contributed by atoms with Gasteiger partial charge in [0.2, 0.25) is 5.91 Å². The van der Waals surface area contributed by atoms with E-state index in [0.717, 1.165) is 25.7 Å². The van der Waals surface area contributed by atoms with Crippen molar-refractivity contribution in [2.45, 2.75) is 65.3 Å². The van der Waals surface area contributed by atoms with Crippen LogP contribution in [0.2, 0.25) is 0 Å². The van der Waals surface area contributed by atoms with E-state index < -0.39 is 12.0 Å². The van der Waals surface area contributed by atoms with Gasteiger partial charge in [-0.25, -0.2) is 4.79 Å². The molecule has 1 aromatic rings. The molecule has 0 aliphatic carbocycles. The van der Waals surface area contributed by atoms with Gasteiger partial charge >= 0.3 is 5.97 Å². The number of hydrogen-bond donors (Lipinski definition) is 2. The number of carbonyl (C=O) groups excluding carboxylic acids is 1. The molecule has 2 N–H and O–H groups in total. The Balaban J connectivity index is 2.38. The van der Waals surface area contributed by atoms with Gasteiger partial charge in [0.25, 0.3) is 0 Å². The minimum absolute atomic E-state index is 0.174. The molecule has 0 spiro atoms. The lowest BCUT2D eigenvalue weighted by atomic mass is 10.0. The smallest absolute Gasteiger partial charge is 0.326 e. The Morgan fingerprint density at radius 3 is 2.50 bits per heavy atom. The highest BCUT2D eigenvalue weighted by molar-refractivity contribution is 5.83. The van der Waals surface area contributed by atoms with Crippen LogP contribution >= 0.6 is 0 Å². The Hall–Kier alpha value is -1.84. The normalized spacial score (nSPS) is 12.0. The lowest BCUT2D eigenvalue weighted by Crippen LogP contribution is -2.40. The molecule has 1 amide bonds. The summed E-state index contributed by atoms with van der Waals surface area (Å²) in [6.07, 6.45) is 4.15. The molecule has 0 aliphatic rings. The maximum atomic E-state index is 11.9. The van der Waals surface area contributed by atoms with E-state index in [2.05, 4.69) is 37.4 Å². The zero-order valence-corrected chi connectivity index (χ0v) is 13.8. The molecule has 22 heavy (non-hydrogen) atoms. The highest BCUT2D eigenvalue weighted by Crippen LogP contribution is 2.12. The Bertz CT molecular complexity index is 511. The molecule has 1 rings (SSSR count). The number of hydrogen-bond acceptors (Lipinski definition) is 2. The van der Waals surface area contributed by atoms with Crippen molar-refractivity contribution in [2.75, 3.05) is 0 Å². The molecule has 0 bridgehead atoms. The fourth-order valence-electron chi connectivity index (χ4n) is 2.34. The van der Waals surface area contributed by atoms with Gasteiger partial charge in [0.1, 0.15) is 6.04 Å². The predicted molar refractivity (Wildman–Crippen MR) is 87.9 cm³/mol. The van der Waals surface area contributed by atoms with Crippen molar-refractivity contribution in [1.29, 1.82) is 0 Å². The molecule has 0 fully saturated rings. The van der Waals surface area contributed by atoms with Crippen molar-refractivity contribution in [2.24, 2.45) is 0 Å². The molecule has 0 saturated heterocycles. The number of amides is 1. The molecule has 0 radical (unpaired) electrons. The monoisotopic (exact) mass is 305 g/mol. The molecule has 0 aliphatic heterocycles. The number of carbonyl (C=O) groups is 2. The van der Waals surface area contributed by atoms with Gasteiger partial charge in [-0.1, -0.05) is 38.0 Å². The largest absolute Gasteiger partial charge is 0.480 e. The first-order chi connectivity index (χ1) is 10.4. The molecular formula is C18H27NO3. The molecule has 0 aromatic heterocycles. The number of carboxylic acid groups (broad SMARTS) is 1. The predicted octanol–water partition coefficient (Wildman–Crippen LogP) is 3.39. The second kappa shape index (κ2) is 9.23. The van der Waals surface area contributed by atoms with E-state index >= 15 is 0 Å². The van der Waals surface area contributed by atoms with E-state index in [1.807, 2.05) is 6.92 Å². The average molecular weight is 305 g/mol. The lowest BCUT2D eigenvalue weighted by Gasteiger charge is -2.14. The molecular weight excluding hydrogens is 278 g/mol. The summed E-state index contributed by atoms with van der Waals surface area (Å²) in [6, 6.07) is 5.57. The zero-order valence-electron chi connectivity index (χ0n) is 13.8. The molecule has 1 atom stereocenters. The summed E-state index contributed by atoms with van der Waals surface area (Å²) in [6.45, 7) is 6.16. The van der Waals surface area contributed by atoms with Crippen molar-refractivity contribution < 1.29 is 14.7 Å². The molecule has 1 unspecified atom stereocenters. The number of rotatable bonds is 9. The van der Waals surface area contributed by atoms with Crippen molar-refractivity contribution >= 4 is 11.9 Å². The third-order valence-electron chi connectivity index (χ3n) is 3.92. The molecule has 4 nitrogen and oxygen atoms in total. The number of carboxylic acids is 1. The maximum Gasteiger partial charge on any atom is 0.326 e. The van der Waals surface area contributed by atoms with Crippen LogP contribution in [0.1, 0.15) is 55.7 Å². The van der Waals surface area contributed by atoms with Crippen LogP contribution in [0, 0.1) is 13.8 Å². The third kappa shape index (κ3) is 6.29. The quantitative estimate of drug-likeness (QED) is 0.735. The first-order valence-electron chi connectivity index (χ1n) is 8.02. The van der Waals surface area contributed by atoms with Crippen molar-refractivity contribution in [3.8, 4) is 0 Å². The SMILES string of the molecule is CCCCC(NC(=O)CCCc1ccc(C)c(C)c1)C(=O)O. The van der Waals surface area contributed by atoms with Gasteiger partial charge in [0, 0.05) is 6.42 Å². The van der Waals surface area contributed by atoms with E-state index in [9.17, 15) is 9.59 Å². The molecule has 1 aromatic carbocycles. The summed E-state index contributed by atoms with van der Waals surface area (Å²) >= 11 is 0.